The van der Waals surface area contributed by atoms with Gasteiger partial charge >= 0.3 is 41.5 Å². The number of carbonyl (C=O) groups excluding carboxylic acids is 3. The van der Waals surface area contributed by atoms with Gasteiger partial charge in [-0.3, -0.25) is 39.1 Å². The summed E-state index contributed by atoms with van der Waals surface area (Å²) in [5.74, 6) is 1.38. The number of ketones is 2. The maximum atomic E-state index is 13.8. The number of hydrogen-bond donors (Lipinski definition) is 2. The Kier molecular flexibility index (Phi) is 28.2. The zero-order chi connectivity index (χ0) is 76.2. The van der Waals surface area contributed by atoms with Gasteiger partial charge in [0.05, 0.1) is 40.5 Å². The van der Waals surface area contributed by atoms with E-state index in [4.69, 9.17) is 33.0 Å². The van der Waals surface area contributed by atoms with E-state index in [0.29, 0.717) is 54.7 Å². The van der Waals surface area contributed by atoms with E-state index in [1.807, 2.05) is 98.3 Å². The number of carbonyl (C=O) groups is 4. The average Bonchev–Trinajstić information content (AvgIpc) is 1.60. The van der Waals surface area contributed by atoms with Gasteiger partial charge in [-0.2, -0.15) is 0 Å². The summed E-state index contributed by atoms with van der Waals surface area (Å²) in [5.41, 5.74) is 11.2. The standard InChI is InChI=1S/2C26H25ClFNO.C20H22FNO2.C18H18FNO2.C2H6O.CH4.Na.H2O/c2*27-19-4-1-17(2-5-19)3-8-25(30)23-16-26(23)12-9-18(10-13-26)21-11-14-29-24-7-6-20(28)15-22(21)24;1-2-24-19(23)17-12-20(17)8-5-13(6-9-20)15-7-10-22-18-4-3-14(21)11-16(15)18;19-12-1-2-16-14(9-12)13(5-8-20-16)11-3-6-18(7-4-11)10-15(18)17(21)22;1-2-3;;;/h2*1-2,4-7,11,14-15,18,23H,3,8-10,12-13,16H2;3-4,7,10-11,13,17H,2,5-6,8-9,12H2,1H3;1-2,5,8-9,11,15H,3-4,6-7,10H2,(H,21,22);3H,2H2,1H3;1H4;;1H2/q;;;;;;+1;/p-1. The molecule has 4 atom stereocenters. The van der Waals surface area contributed by atoms with Crippen molar-refractivity contribution in [2.45, 2.75) is 199 Å². The number of aryl methyl sites for hydroxylation is 2. The first kappa shape index (κ1) is 85.3. The van der Waals surface area contributed by atoms with Gasteiger partial charge < -0.3 is 20.4 Å². The van der Waals surface area contributed by atoms with Crippen molar-refractivity contribution in [2.75, 3.05) is 13.2 Å². The van der Waals surface area contributed by atoms with Crippen molar-refractivity contribution < 1.29 is 86.7 Å². The van der Waals surface area contributed by atoms with Crippen LogP contribution in [0.5, 0.6) is 0 Å². The second kappa shape index (κ2) is 36.9. The van der Waals surface area contributed by atoms with Gasteiger partial charge in [-0.25, -0.2) is 17.6 Å². The van der Waals surface area contributed by atoms with Crippen LogP contribution in [0.15, 0.2) is 170 Å². The van der Waals surface area contributed by atoms with Gasteiger partial charge in [-0.15, -0.1) is 0 Å². The minimum atomic E-state index is -0.644. The largest absolute Gasteiger partial charge is 1.00 e. The Morgan fingerprint density at radius 1 is 0.420 bits per heavy atom. The number of aliphatic hydroxyl groups is 1. The topological polar surface area (TPSA) is 200 Å². The van der Waals surface area contributed by atoms with Gasteiger partial charge in [0, 0.05) is 87.7 Å². The van der Waals surface area contributed by atoms with Gasteiger partial charge in [0.15, 0.2) is 0 Å². The number of halogens is 6. The molecule has 8 aliphatic carbocycles. The van der Waals surface area contributed by atoms with E-state index in [2.05, 4.69) is 19.9 Å². The van der Waals surface area contributed by atoms with Crippen LogP contribution >= 0.6 is 23.2 Å². The molecule has 4 unspecified atom stereocenters. The average molecular weight is 1570 g/mol. The predicted molar refractivity (Wildman–Crippen MR) is 429 cm³/mol. The molecule has 0 aliphatic heterocycles. The fourth-order valence-corrected chi connectivity index (χ4v) is 19.9. The summed E-state index contributed by atoms with van der Waals surface area (Å²) in [6.45, 7) is 4.25. The molecule has 8 aliphatic rings. The summed E-state index contributed by atoms with van der Waals surface area (Å²) in [5, 5.41) is 21.9. The number of aliphatic hydroxyl groups excluding tert-OH is 1. The van der Waals surface area contributed by atoms with E-state index in [-0.39, 0.29) is 124 Å². The maximum Gasteiger partial charge on any atom is 1.00 e. The quantitative estimate of drug-likeness (QED) is 0.0560. The van der Waals surface area contributed by atoms with Crippen LogP contribution in [-0.4, -0.2) is 72.3 Å². The van der Waals surface area contributed by atoms with Crippen molar-refractivity contribution in [3.8, 4) is 0 Å². The Balaban J connectivity index is 0.000000146. The SMILES string of the molecule is C.CCO.CCOC(=O)C1CC12CCC(c1ccnc3ccc(F)cc13)CC2.O=C(CCc1ccc(Cl)cc1)C1CC12CCC(c1ccnc3ccc(F)cc13)CC2.O=C(CCc1ccc(Cl)cc1)C1CC12CCC(c1ccnc3ccc(F)cc13)CC2.O=C(O)C1CC12CCC(c1ccnc3ccc(F)cc13)CC2.[Na+].[OH-]. The second-order valence-electron chi connectivity index (χ2n) is 32.4. The van der Waals surface area contributed by atoms with Crippen LogP contribution in [0.25, 0.3) is 43.6 Å². The first-order valence-electron chi connectivity index (χ1n) is 39.4. The van der Waals surface area contributed by atoms with E-state index >= 15 is 0 Å². The predicted octanol–water partition coefficient (Wildman–Crippen LogP) is 20.0. The summed E-state index contributed by atoms with van der Waals surface area (Å²) in [6.07, 6.45) is 30.7. The fraction of sp³-hybridized carbons (Fsp3) is 0.441. The molecule has 112 heavy (non-hydrogen) atoms. The van der Waals surface area contributed by atoms with Crippen molar-refractivity contribution in [2.24, 2.45) is 45.3 Å². The zero-order valence-corrected chi connectivity index (χ0v) is 67.1. The van der Waals surface area contributed by atoms with Crippen LogP contribution in [0.2, 0.25) is 10.0 Å². The number of aromatic nitrogens is 4. The number of esters is 1. The van der Waals surface area contributed by atoms with Crippen LogP contribution < -0.4 is 29.6 Å². The van der Waals surface area contributed by atoms with Crippen molar-refractivity contribution in [3.05, 3.63) is 237 Å². The molecule has 12 nitrogen and oxygen atoms in total. The molecule has 0 amide bonds. The second-order valence-corrected chi connectivity index (χ2v) is 33.3. The minimum Gasteiger partial charge on any atom is -0.870 e. The fourth-order valence-electron chi connectivity index (χ4n) is 19.6. The molecule has 0 saturated heterocycles. The van der Waals surface area contributed by atoms with Crippen molar-refractivity contribution in [1.82, 2.24) is 19.9 Å². The van der Waals surface area contributed by atoms with Crippen LogP contribution in [0.4, 0.5) is 17.6 Å². The summed E-state index contributed by atoms with van der Waals surface area (Å²) in [6, 6.07) is 42.9. The first-order valence-corrected chi connectivity index (χ1v) is 40.2. The third kappa shape index (κ3) is 19.4. The molecule has 4 spiro atoms. The number of carboxylic acid groups (broad SMARTS) is 1. The van der Waals surface area contributed by atoms with Crippen molar-refractivity contribution >= 4 is 90.3 Å². The third-order valence-electron chi connectivity index (χ3n) is 26.2. The van der Waals surface area contributed by atoms with Crippen molar-refractivity contribution in [1.29, 1.82) is 0 Å². The Labute approximate surface area is 686 Å². The zero-order valence-electron chi connectivity index (χ0n) is 63.6. The van der Waals surface area contributed by atoms with Crippen molar-refractivity contribution in [3.63, 3.8) is 0 Å². The molecule has 3 N–H and O–H groups in total. The molecular weight excluding hydrogens is 1470 g/mol. The summed E-state index contributed by atoms with van der Waals surface area (Å²) in [7, 11) is 0. The maximum absolute atomic E-state index is 13.8. The molecule has 0 bridgehead atoms. The third-order valence-corrected chi connectivity index (χ3v) is 26.7. The van der Waals surface area contributed by atoms with Crippen LogP contribution in [-0.2, 0) is 36.8 Å². The van der Waals surface area contributed by atoms with Crippen LogP contribution in [0.3, 0.4) is 0 Å². The number of pyridine rings is 4. The Morgan fingerprint density at radius 2 is 0.679 bits per heavy atom. The van der Waals surface area contributed by atoms with Crippen LogP contribution in [0.1, 0.15) is 220 Å². The van der Waals surface area contributed by atoms with Gasteiger partial charge in [0.2, 0.25) is 0 Å². The molecule has 18 rings (SSSR count). The summed E-state index contributed by atoms with van der Waals surface area (Å²) < 4.78 is 60.0. The molecule has 8 fully saturated rings. The van der Waals surface area contributed by atoms with E-state index in [9.17, 15) is 41.8 Å². The van der Waals surface area contributed by atoms with Gasteiger partial charge in [0.1, 0.15) is 34.8 Å². The minimum absolute atomic E-state index is 0. The summed E-state index contributed by atoms with van der Waals surface area (Å²) >= 11 is 11.9. The molecular formula is C93H101Cl2F4N4NaO8. The Hall–Kier alpha value is -7.54. The molecule has 6 aromatic carbocycles. The molecule has 10 aromatic rings. The molecule has 0 radical (unpaired) electrons. The Morgan fingerprint density at radius 3 is 0.946 bits per heavy atom. The normalized spacial score (nSPS) is 26.0. The smallest absolute Gasteiger partial charge is 0.870 e. The van der Waals surface area contributed by atoms with E-state index < -0.39 is 5.97 Å². The first-order chi connectivity index (χ1) is 52.7. The number of rotatable bonds is 15. The van der Waals surface area contributed by atoms with Crippen LogP contribution in [0, 0.1) is 68.6 Å². The van der Waals surface area contributed by atoms with E-state index in [0.717, 1.165) is 200 Å². The number of fused-ring (bicyclic) bond motifs is 4. The molecule has 4 heterocycles. The number of benzene rings is 6. The molecule has 4 aromatic heterocycles. The number of ether oxygens (including phenoxy) is 1. The molecule has 19 heteroatoms. The number of nitrogens with zero attached hydrogens (tertiary/aromatic N) is 4. The monoisotopic (exact) mass is 1570 g/mol. The van der Waals surface area contributed by atoms with Gasteiger partial charge in [0.25, 0.3) is 0 Å². The number of hydrogen-bond acceptors (Lipinski definition) is 11. The molecule has 8 saturated carbocycles. The number of Topliss-reactive ketones (excluding diaryl/α,β-unsaturated/α-hetero) is 2. The van der Waals surface area contributed by atoms with Gasteiger partial charge in [-0.05, 0) is 355 Å². The van der Waals surface area contributed by atoms with E-state index in [1.165, 1.54) is 52.1 Å². The molecule has 584 valence electrons. The van der Waals surface area contributed by atoms with E-state index in [1.54, 1.807) is 61.7 Å². The number of aliphatic carboxylic acids is 1. The Bertz CT molecular complexity index is 4790. The van der Waals surface area contributed by atoms with Gasteiger partial charge in [-0.1, -0.05) is 54.9 Å². The summed E-state index contributed by atoms with van der Waals surface area (Å²) in [4.78, 5) is 66.2. The number of carboxylic acids is 1.